The summed E-state index contributed by atoms with van der Waals surface area (Å²) in [6.07, 6.45) is 2.23. The summed E-state index contributed by atoms with van der Waals surface area (Å²) in [6.45, 7) is 7.08. The third-order valence-electron chi connectivity index (χ3n) is 4.07. The monoisotopic (exact) mass is 315 g/mol. The highest BCUT2D eigenvalue weighted by Crippen LogP contribution is 2.21. The lowest BCUT2D eigenvalue weighted by atomic mass is 10.0. The number of rotatable bonds is 8. The molecule has 0 heterocycles. The standard InChI is InChI=1S/C20H26FNO/c1-4-15(3)23-19-12-8-17(9-13-19)20(5-2)22-14-16-6-10-18(21)11-7-16/h6-13,15,20,22H,4-5,14H2,1-3H3. The average Bonchev–Trinajstić information content (AvgIpc) is 2.58. The fourth-order valence-corrected chi connectivity index (χ4v) is 2.44. The summed E-state index contributed by atoms with van der Waals surface area (Å²) < 4.78 is 18.8. The summed E-state index contributed by atoms with van der Waals surface area (Å²) >= 11 is 0. The summed E-state index contributed by atoms with van der Waals surface area (Å²) in [5.41, 5.74) is 2.33. The van der Waals surface area contributed by atoms with E-state index in [9.17, 15) is 4.39 Å². The van der Waals surface area contributed by atoms with Crippen molar-refractivity contribution in [3.63, 3.8) is 0 Å². The van der Waals surface area contributed by atoms with Gasteiger partial charge in [-0.15, -0.1) is 0 Å². The summed E-state index contributed by atoms with van der Waals surface area (Å²) in [6, 6.07) is 15.2. The van der Waals surface area contributed by atoms with Gasteiger partial charge in [0, 0.05) is 12.6 Å². The SMILES string of the molecule is CCC(C)Oc1ccc(C(CC)NCc2ccc(F)cc2)cc1. The Bertz CT molecular complexity index is 580. The van der Waals surface area contributed by atoms with Gasteiger partial charge in [-0.1, -0.05) is 38.1 Å². The molecule has 0 aliphatic heterocycles. The van der Waals surface area contributed by atoms with E-state index in [0.29, 0.717) is 0 Å². The van der Waals surface area contributed by atoms with Crippen LogP contribution in [0.2, 0.25) is 0 Å². The summed E-state index contributed by atoms with van der Waals surface area (Å²) in [7, 11) is 0. The molecule has 0 aromatic heterocycles. The normalized spacial score (nSPS) is 13.6. The summed E-state index contributed by atoms with van der Waals surface area (Å²) in [5, 5.41) is 3.53. The van der Waals surface area contributed by atoms with Crippen LogP contribution in [0.15, 0.2) is 48.5 Å². The van der Waals surface area contributed by atoms with Crippen LogP contribution in [-0.4, -0.2) is 6.10 Å². The molecule has 2 rings (SSSR count). The van der Waals surface area contributed by atoms with Crippen LogP contribution in [-0.2, 0) is 6.54 Å². The third-order valence-corrected chi connectivity index (χ3v) is 4.07. The number of hydrogen-bond acceptors (Lipinski definition) is 2. The van der Waals surface area contributed by atoms with Crippen LogP contribution in [0.25, 0.3) is 0 Å². The van der Waals surface area contributed by atoms with Crippen LogP contribution >= 0.6 is 0 Å². The first-order chi connectivity index (χ1) is 11.1. The maximum atomic E-state index is 12.9. The molecule has 2 aromatic carbocycles. The van der Waals surface area contributed by atoms with E-state index in [0.717, 1.165) is 30.7 Å². The van der Waals surface area contributed by atoms with E-state index in [1.54, 1.807) is 0 Å². The van der Waals surface area contributed by atoms with Gasteiger partial charge in [-0.3, -0.25) is 0 Å². The van der Waals surface area contributed by atoms with Gasteiger partial charge in [0.1, 0.15) is 11.6 Å². The molecule has 2 unspecified atom stereocenters. The molecule has 0 fully saturated rings. The first kappa shape index (κ1) is 17.5. The topological polar surface area (TPSA) is 21.3 Å². The molecular weight excluding hydrogens is 289 g/mol. The summed E-state index contributed by atoms with van der Waals surface area (Å²) in [4.78, 5) is 0. The van der Waals surface area contributed by atoms with Gasteiger partial charge >= 0.3 is 0 Å². The second kappa shape index (κ2) is 8.68. The molecule has 0 spiro atoms. The van der Waals surface area contributed by atoms with Crippen molar-refractivity contribution < 1.29 is 9.13 Å². The van der Waals surface area contributed by atoms with Gasteiger partial charge in [0.15, 0.2) is 0 Å². The van der Waals surface area contributed by atoms with Gasteiger partial charge in [-0.25, -0.2) is 4.39 Å². The van der Waals surface area contributed by atoms with Crippen LogP contribution in [0, 0.1) is 5.82 Å². The van der Waals surface area contributed by atoms with E-state index in [4.69, 9.17) is 4.74 Å². The predicted octanol–water partition coefficient (Wildman–Crippen LogP) is 5.24. The van der Waals surface area contributed by atoms with E-state index in [1.165, 1.54) is 17.7 Å². The minimum absolute atomic E-state index is 0.197. The van der Waals surface area contributed by atoms with Gasteiger partial charge in [0.05, 0.1) is 6.10 Å². The van der Waals surface area contributed by atoms with Crippen molar-refractivity contribution in [1.29, 1.82) is 0 Å². The van der Waals surface area contributed by atoms with E-state index in [2.05, 4.69) is 38.2 Å². The fraction of sp³-hybridized carbons (Fsp3) is 0.400. The zero-order valence-corrected chi connectivity index (χ0v) is 14.2. The Kier molecular flexibility index (Phi) is 6.60. The van der Waals surface area contributed by atoms with Crippen LogP contribution in [0.1, 0.15) is 50.8 Å². The van der Waals surface area contributed by atoms with Gasteiger partial charge in [0.25, 0.3) is 0 Å². The van der Waals surface area contributed by atoms with E-state index < -0.39 is 0 Å². The lowest BCUT2D eigenvalue weighted by Crippen LogP contribution is -2.20. The number of ether oxygens (including phenoxy) is 1. The molecule has 0 saturated carbocycles. The lowest BCUT2D eigenvalue weighted by Gasteiger charge is -2.19. The van der Waals surface area contributed by atoms with E-state index in [1.807, 2.05) is 24.3 Å². The number of benzene rings is 2. The quantitative estimate of drug-likeness (QED) is 0.719. The Morgan fingerprint density at radius 1 is 0.957 bits per heavy atom. The molecule has 2 nitrogen and oxygen atoms in total. The van der Waals surface area contributed by atoms with Crippen molar-refractivity contribution in [3.8, 4) is 5.75 Å². The number of halogens is 1. The van der Waals surface area contributed by atoms with Crippen molar-refractivity contribution in [2.75, 3.05) is 0 Å². The highest BCUT2D eigenvalue weighted by atomic mass is 19.1. The molecule has 0 aliphatic rings. The van der Waals surface area contributed by atoms with Crippen molar-refractivity contribution in [1.82, 2.24) is 5.32 Å². The van der Waals surface area contributed by atoms with Gasteiger partial charge in [0.2, 0.25) is 0 Å². The molecule has 1 N–H and O–H groups in total. The second-order valence-electron chi connectivity index (χ2n) is 5.87. The van der Waals surface area contributed by atoms with Crippen LogP contribution < -0.4 is 10.1 Å². The van der Waals surface area contributed by atoms with Gasteiger partial charge < -0.3 is 10.1 Å². The van der Waals surface area contributed by atoms with Crippen LogP contribution in [0.4, 0.5) is 4.39 Å². The Morgan fingerprint density at radius 2 is 1.61 bits per heavy atom. The molecule has 23 heavy (non-hydrogen) atoms. The summed E-state index contributed by atoms with van der Waals surface area (Å²) in [5.74, 6) is 0.717. The number of hydrogen-bond donors (Lipinski definition) is 1. The average molecular weight is 315 g/mol. The minimum atomic E-state index is -0.197. The largest absolute Gasteiger partial charge is 0.491 e. The molecule has 2 aromatic rings. The van der Waals surface area contributed by atoms with Crippen molar-refractivity contribution in [2.45, 2.75) is 52.3 Å². The molecule has 3 heteroatoms. The Labute approximate surface area is 138 Å². The second-order valence-corrected chi connectivity index (χ2v) is 5.87. The molecular formula is C20H26FNO. The van der Waals surface area contributed by atoms with Gasteiger partial charge in [-0.2, -0.15) is 0 Å². The van der Waals surface area contributed by atoms with Crippen molar-refractivity contribution in [3.05, 3.63) is 65.5 Å². The molecule has 0 radical (unpaired) electrons. The van der Waals surface area contributed by atoms with Crippen LogP contribution in [0.3, 0.4) is 0 Å². The molecule has 124 valence electrons. The zero-order valence-electron chi connectivity index (χ0n) is 14.2. The first-order valence-electron chi connectivity index (χ1n) is 8.36. The smallest absolute Gasteiger partial charge is 0.123 e. The zero-order chi connectivity index (χ0) is 16.7. The lowest BCUT2D eigenvalue weighted by molar-refractivity contribution is 0.217. The van der Waals surface area contributed by atoms with E-state index >= 15 is 0 Å². The maximum Gasteiger partial charge on any atom is 0.123 e. The van der Waals surface area contributed by atoms with Crippen LogP contribution in [0.5, 0.6) is 5.75 Å². The first-order valence-corrected chi connectivity index (χ1v) is 8.36. The molecule has 0 saturated heterocycles. The highest BCUT2D eigenvalue weighted by molar-refractivity contribution is 5.29. The molecule has 0 amide bonds. The Hall–Kier alpha value is -1.87. The van der Waals surface area contributed by atoms with Gasteiger partial charge in [-0.05, 0) is 55.2 Å². The molecule has 0 aliphatic carbocycles. The molecule has 0 bridgehead atoms. The predicted molar refractivity (Wildman–Crippen MR) is 93.1 cm³/mol. The fourth-order valence-electron chi connectivity index (χ4n) is 2.44. The maximum absolute atomic E-state index is 12.9. The highest BCUT2D eigenvalue weighted by Gasteiger charge is 2.09. The van der Waals surface area contributed by atoms with E-state index in [-0.39, 0.29) is 18.0 Å². The molecule has 2 atom stereocenters. The Morgan fingerprint density at radius 3 is 2.17 bits per heavy atom. The van der Waals surface area contributed by atoms with Crippen molar-refractivity contribution >= 4 is 0 Å². The third kappa shape index (κ3) is 5.36. The minimum Gasteiger partial charge on any atom is -0.491 e. The number of nitrogens with one attached hydrogen (secondary N) is 1. The Balaban J connectivity index is 1.95. The van der Waals surface area contributed by atoms with Crippen molar-refractivity contribution in [2.24, 2.45) is 0 Å².